The van der Waals surface area contributed by atoms with Gasteiger partial charge in [-0.05, 0) is 42.8 Å². The fourth-order valence-corrected chi connectivity index (χ4v) is 3.73. The highest BCUT2D eigenvalue weighted by molar-refractivity contribution is 8.00. The summed E-state index contributed by atoms with van der Waals surface area (Å²) in [5, 5.41) is 3.22. The Morgan fingerprint density at radius 1 is 1.35 bits per heavy atom. The molecule has 1 aromatic heterocycles. The normalized spacial score (nSPS) is 16.3. The highest BCUT2D eigenvalue weighted by atomic mass is 32.2. The van der Waals surface area contributed by atoms with Gasteiger partial charge in [0.25, 0.3) is 0 Å². The molecule has 0 saturated heterocycles. The Balaban J connectivity index is 1.69. The molecule has 0 fully saturated rings. The number of nitrogens with one attached hydrogen (secondary N) is 1. The van der Waals surface area contributed by atoms with Crippen molar-refractivity contribution in [1.82, 2.24) is 9.55 Å². The van der Waals surface area contributed by atoms with Gasteiger partial charge < -0.3 is 15.6 Å². The number of thioether (sulfide) groups is 1. The zero-order valence-corrected chi connectivity index (χ0v) is 13.4. The number of imidazole rings is 1. The Bertz CT molecular complexity index is 918. The van der Waals surface area contributed by atoms with Crippen molar-refractivity contribution in [2.24, 2.45) is 5.73 Å². The van der Waals surface area contributed by atoms with Crippen LogP contribution in [0.1, 0.15) is 22.8 Å². The largest absolute Gasteiger partial charge is 0.360 e. The number of aromatic nitrogens is 2. The number of hydrogen-bond acceptors (Lipinski definition) is 5. The van der Waals surface area contributed by atoms with Crippen LogP contribution in [0.3, 0.4) is 0 Å². The average molecular weight is 324 g/mol. The molecule has 0 amide bonds. The van der Waals surface area contributed by atoms with Crippen molar-refractivity contribution in [2.75, 3.05) is 5.32 Å². The van der Waals surface area contributed by atoms with Crippen molar-refractivity contribution >= 4 is 34.3 Å². The number of fused-ring (bicyclic) bond motifs is 2. The Morgan fingerprint density at radius 3 is 3.04 bits per heavy atom. The number of Topliss-reactive ketones (excluding diaryl/α,β-unsaturated/α-hetero) is 1. The van der Waals surface area contributed by atoms with Crippen LogP contribution in [0.15, 0.2) is 47.6 Å². The van der Waals surface area contributed by atoms with Crippen LogP contribution in [0.5, 0.6) is 0 Å². The van der Waals surface area contributed by atoms with E-state index in [4.69, 9.17) is 5.73 Å². The summed E-state index contributed by atoms with van der Waals surface area (Å²) in [6.07, 6.45) is 1.82. The van der Waals surface area contributed by atoms with E-state index < -0.39 is 0 Å². The molecule has 23 heavy (non-hydrogen) atoms. The van der Waals surface area contributed by atoms with Crippen molar-refractivity contribution < 1.29 is 4.79 Å². The van der Waals surface area contributed by atoms with Gasteiger partial charge in [0.1, 0.15) is 5.50 Å². The standard InChI is InChI=1S/C17H16N4OS/c1-10(22)12-3-5-13-15(7-12)21(9-19-13)8-11-2-4-14-16(6-11)23-17(18)20-14/h2-7,9,17,20H,8,18H2,1H3. The van der Waals surface area contributed by atoms with Crippen LogP contribution in [0, 0.1) is 0 Å². The van der Waals surface area contributed by atoms with Crippen LogP contribution >= 0.6 is 11.8 Å². The third-order valence-corrected chi connectivity index (χ3v) is 4.94. The summed E-state index contributed by atoms with van der Waals surface area (Å²) < 4.78 is 2.07. The van der Waals surface area contributed by atoms with E-state index in [-0.39, 0.29) is 11.3 Å². The van der Waals surface area contributed by atoms with E-state index in [1.807, 2.05) is 24.5 Å². The Morgan fingerprint density at radius 2 is 2.22 bits per heavy atom. The van der Waals surface area contributed by atoms with Gasteiger partial charge in [0.15, 0.2) is 5.78 Å². The fraction of sp³-hybridized carbons (Fsp3) is 0.176. The van der Waals surface area contributed by atoms with E-state index in [0.717, 1.165) is 16.7 Å². The molecular weight excluding hydrogens is 308 g/mol. The number of ketones is 1. The van der Waals surface area contributed by atoms with Gasteiger partial charge in [-0.15, -0.1) is 0 Å². The number of carbonyl (C=O) groups is 1. The molecule has 0 saturated carbocycles. The maximum atomic E-state index is 11.6. The van der Waals surface area contributed by atoms with Gasteiger partial charge >= 0.3 is 0 Å². The third-order valence-electron chi connectivity index (χ3n) is 3.98. The Kier molecular flexibility index (Phi) is 3.36. The third kappa shape index (κ3) is 2.60. The van der Waals surface area contributed by atoms with Gasteiger partial charge in [-0.1, -0.05) is 17.8 Å². The molecule has 1 unspecified atom stereocenters. The van der Waals surface area contributed by atoms with E-state index in [9.17, 15) is 4.79 Å². The lowest BCUT2D eigenvalue weighted by Gasteiger charge is -2.07. The number of carbonyl (C=O) groups excluding carboxylic acids is 1. The smallest absolute Gasteiger partial charge is 0.159 e. The van der Waals surface area contributed by atoms with Crippen molar-refractivity contribution in [1.29, 1.82) is 0 Å². The van der Waals surface area contributed by atoms with E-state index in [1.54, 1.807) is 18.7 Å². The molecule has 1 aliphatic heterocycles. The van der Waals surface area contributed by atoms with Gasteiger partial charge in [0.05, 0.1) is 17.4 Å². The van der Waals surface area contributed by atoms with Crippen LogP contribution in [-0.4, -0.2) is 20.8 Å². The second-order valence-corrected chi connectivity index (χ2v) is 6.83. The molecular formula is C17H16N4OS. The minimum absolute atomic E-state index is 0.0636. The molecule has 3 aromatic rings. The van der Waals surface area contributed by atoms with Crippen LogP contribution < -0.4 is 11.1 Å². The van der Waals surface area contributed by atoms with Crippen molar-refractivity contribution in [2.45, 2.75) is 23.9 Å². The number of benzene rings is 2. The number of hydrogen-bond donors (Lipinski definition) is 2. The van der Waals surface area contributed by atoms with Crippen LogP contribution in [0.4, 0.5) is 5.69 Å². The first kappa shape index (κ1) is 14.3. The van der Waals surface area contributed by atoms with Crippen molar-refractivity contribution in [3.63, 3.8) is 0 Å². The second kappa shape index (κ2) is 5.40. The Hall–Kier alpha value is -2.31. The molecule has 2 heterocycles. The second-order valence-electron chi connectivity index (χ2n) is 5.65. The molecule has 1 aliphatic rings. The maximum absolute atomic E-state index is 11.6. The summed E-state index contributed by atoms with van der Waals surface area (Å²) in [4.78, 5) is 17.2. The Labute approximate surface area is 137 Å². The molecule has 0 bridgehead atoms. The van der Waals surface area contributed by atoms with Crippen LogP contribution in [0.25, 0.3) is 11.0 Å². The van der Waals surface area contributed by atoms with E-state index >= 15 is 0 Å². The number of nitrogens with zero attached hydrogens (tertiary/aromatic N) is 2. The molecule has 4 rings (SSSR count). The van der Waals surface area contributed by atoms with Gasteiger partial charge in [-0.3, -0.25) is 4.79 Å². The first-order chi connectivity index (χ1) is 11.1. The maximum Gasteiger partial charge on any atom is 0.159 e. The molecule has 6 heteroatoms. The lowest BCUT2D eigenvalue weighted by atomic mass is 10.1. The quantitative estimate of drug-likeness (QED) is 0.725. The van der Waals surface area contributed by atoms with Crippen LogP contribution in [0.2, 0.25) is 0 Å². The van der Waals surface area contributed by atoms with Gasteiger partial charge in [0.2, 0.25) is 0 Å². The van der Waals surface area contributed by atoms with Gasteiger partial charge in [0, 0.05) is 22.7 Å². The highest BCUT2D eigenvalue weighted by Crippen LogP contribution is 2.37. The molecule has 5 nitrogen and oxygen atoms in total. The minimum Gasteiger partial charge on any atom is -0.360 e. The minimum atomic E-state index is -0.0764. The summed E-state index contributed by atoms with van der Waals surface area (Å²) in [7, 11) is 0. The first-order valence-electron chi connectivity index (χ1n) is 7.38. The summed E-state index contributed by atoms with van der Waals surface area (Å²) in [6, 6.07) is 11.9. The number of anilines is 1. The summed E-state index contributed by atoms with van der Waals surface area (Å²) in [5.41, 5.74) is 10.7. The zero-order chi connectivity index (χ0) is 16.0. The molecule has 1 atom stereocenters. The predicted molar refractivity (Wildman–Crippen MR) is 92.7 cm³/mol. The molecule has 116 valence electrons. The molecule has 0 spiro atoms. The summed E-state index contributed by atoms with van der Waals surface area (Å²) in [6.45, 7) is 2.29. The molecule has 2 aromatic carbocycles. The lowest BCUT2D eigenvalue weighted by Crippen LogP contribution is -2.20. The molecule has 0 radical (unpaired) electrons. The monoisotopic (exact) mass is 324 g/mol. The number of nitrogens with two attached hydrogens (primary N) is 1. The van der Waals surface area contributed by atoms with Gasteiger partial charge in [-0.2, -0.15) is 0 Å². The van der Waals surface area contributed by atoms with E-state index in [2.05, 4.69) is 33.1 Å². The average Bonchev–Trinajstić information content (AvgIpc) is 3.09. The van der Waals surface area contributed by atoms with E-state index in [1.165, 1.54) is 10.5 Å². The zero-order valence-electron chi connectivity index (χ0n) is 12.6. The fourth-order valence-electron chi connectivity index (χ4n) is 2.80. The van der Waals surface area contributed by atoms with Gasteiger partial charge in [-0.25, -0.2) is 4.98 Å². The first-order valence-corrected chi connectivity index (χ1v) is 8.26. The summed E-state index contributed by atoms with van der Waals surface area (Å²) >= 11 is 1.62. The summed E-state index contributed by atoms with van der Waals surface area (Å²) in [5.74, 6) is 0.0636. The van der Waals surface area contributed by atoms with E-state index in [0.29, 0.717) is 12.1 Å². The predicted octanol–water partition coefficient (Wildman–Crippen LogP) is 3.05. The molecule has 3 N–H and O–H groups in total. The lowest BCUT2D eigenvalue weighted by molar-refractivity contribution is 0.101. The highest BCUT2D eigenvalue weighted by Gasteiger charge is 2.18. The van der Waals surface area contributed by atoms with Crippen LogP contribution in [-0.2, 0) is 6.54 Å². The van der Waals surface area contributed by atoms with Crippen molar-refractivity contribution in [3.8, 4) is 0 Å². The SMILES string of the molecule is CC(=O)c1ccc2ncn(Cc3ccc4c(c3)SC(N)N4)c2c1. The topological polar surface area (TPSA) is 72.9 Å². The molecule has 0 aliphatic carbocycles. The number of rotatable bonds is 3. The van der Waals surface area contributed by atoms with Crippen molar-refractivity contribution in [3.05, 3.63) is 53.9 Å².